The zero-order valence-electron chi connectivity index (χ0n) is 17.6. The molecule has 6 heteroatoms. The van der Waals surface area contributed by atoms with Gasteiger partial charge in [0.25, 0.3) is 0 Å². The first-order valence-electron chi connectivity index (χ1n) is 10.5. The SMILES string of the molecule is CN(CC(=O)N(CCC#N)c1ccccc1F)Cc1ccccc1N1CCCCC1. The molecule has 1 aliphatic rings. The van der Waals surface area contributed by atoms with Crippen molar-refractivity contribution in [1.29, 1.82) is 5.26 Å². The first kappa shape index (κ1) is 21.8. The molecule has 1 aliphatic heterocycles. The summed E-state index contributed by atoms with van der Waals surface area (Å²) in [5, 5.41) is 8.95. The number of benzene rings is 2. The summed E-state index contributed by atoms with van der Waals surface area (Å²) in [7, 11) is 1.90. The number of anilines is 2. The first-order valence-corrected chi connectivity index (χ1v) is 10.5. The normalized spacial score (nSPS) is 13.9. The zero-order valence-corrected chi connectivity index (χ0v) is 17.6. The molecule has 30 heavy (non-hydrogen) atoms. The summed E-state index contributed by atoms with van der Waals surface area (Å²) in [6, 6.07) is 16.6. The van der Waals surface area contributed by atoms with Crippen molar-refractivity contribution in [1.82, 2.24) is 4.90 Å². The maximum atomic E-state index is 14.3. The third-order valence-corrected chi connectivity index (χ3v) is 5.43. The van der Waals surface area contributed by atoms with Gasteiger partial charge in [-0.15, -0.1) is 0 Å². The Morgan fingerprint density at radius 2 is 1.80 bits per heavy atom. The third kappa shape index (κ3) is 5.58. The Bertz CT molecular complexity index is 889. The highest BCUT2D eigenvalue weighted by atomic mass is 19.1. The summed E-state index contributed by atoms with van der Waals surface area (Å²) in [6.07, 6.45) is 3.85. The topological polar surface area (TPSA) is 50.6 Å². The minimum absolute atomic E-state index is 0.147. The van der Waals surface area contributed by atoms with E-state index in [1.54, 1.807) is 18.2 Å². The summed E-state index contributed by atoms with van der Waals surface area (Å²) in [5.41, 5.74) is 2.64. The molecule has 0 spiro atoms. The van der Waals surface area contributed by atoms with Crippen LogP contribution in [0, 0.1) is 17.1 Å². The average Bonchev–Trinajstić information content (AvgIpc) is 2.76. The van der Waals surface area contributed by atoms with Crippen molar-refractivity contribution in [2.24, 2.45) is 0 Å². The molecular formula is C24H29FN4O. The van der Waals surface area contributed by atoms with Crippen LogP contribution in [0.4, 0.5) is 15.8 Å². The van der Waals surface area contributed by atoms with Crippen LogP contribution in [0.2, 0.25) is 0 Å². The van der Waals surface area contributed by atoms with Crippen LogP contribution >= 0.6 is 0 Å². The molecule has 5 nitrogen and oxygen atoms in total. The van der Waals surface area contributed by atoms with Crippen molar-refractivity contribution >= 4 is 17.3 Å². The number of nitrogens with zero attached hydrogens (tertiary/aromatic N) is 4. The van der Waals surface area contributed by atoms with Crippen LogP contribution < -0.4 is 9.80 Å². The number of piperidine rings is 1. The van der Waals surface area contributed by atoms with Crippen LogP contribution in [0.1, 0.15) is 31.2 Å². The number of carbonyl (C=O) groups excluding carboxylic acids is 1. The number of carbonyl (C=O) groups is 1. The van der Waals surface area contributed by atoms with Gasteiger partial charge in [0, 0.05) is 31.9 Å². The van der Waals surface area contributed by atoms with Gasteiger partial charge in [0.2, 0.25) is 5.91 Å². The van der Waals surface area contributed by atoms with Crippen molar-refractivity contribution in [2.45, 2.75) is 32.2 Å². The predicted molar refractivity (Wildman–Crippen MR) is 118 cm³/mol. The van der Waals surface area contributed by atoms with Gasteiger partial charge in [0.05, 0.1) is 24.7 Å². The summed E-state index contributed by atoms with van der Waals surface area (Å²) in [5.74, 6) is -0.671. The van der Waals surface area contributed by atoms with Gasteiger partial charge in [0.15, 0.2) is 0 Å². The van der Waals surface area contributed by atoms with Crippen LogP contribution in [-0.4, -0.2) is 44.0 Å². The van der Waals surface area contributed by atoms with E-state index in [1.165, 1.54) is 41.5 Å². The number of halogens is 1. The highest BCUT2D eigenvalue weighted by molar-refractivity contribution is 5.94. The summed E-state index contributed by atoms with van der Waals surface area (Å²) < 4.78 is 14.3. The van der Waals surface area contributed by atoms with Crippen LogP contribution in [0.5, 0.6) is 0 Å². The molecule has 3 rings (SSSR count). The number of para-hydroxylation sites is 2. The average molecular weight is 409 g/mol. The molecule has 0 atom stereocenters. The smallest absolute Gasteiger partial charge is 0.241 e. The van der Waals surface area contributed by atoms with Gasteiger partial charge >= 0.3 is 0 Å². The van der Waals surface area contributed by atoms with Crippen LogP contribution in [0.25, 0.3) is 0 Å². The molecule has 0 saturated carbocycles. The van der Waals surface area contributed by atoms with Gasteiger partial charge in [-0.3, -0.25) is 9.69 Å². The van der Waals surface area contributed by atoms with E-state index in [4.69, 9.17) is 5.26 Å². The van der Waals surface area contributed by atoms with E-state index in [0.29, 0.717) is 6.54 Å². The summed E-state index contributed by atoms with van der Waals surface area (Å²) in [6.45, 7) is 3.08. The lowest BCUT2D eigenvalue weighted by Crippen LogP contribution is -2.40. The molecule has 0 unspecified atom stereocenters. The number of likely N-dealkylation sites (N-methyl/N-ethyl adjacent to an activating group) is 1. The molecule has 0 radical (unpaired) electrons. The van der Waals surface area contributed by atoms with E-state index in [1.807, 2.05) is 24.1 Å². The second-order valence-electron chi connectivity index (χ2n) is 7.75. The quantitative estimate of drug-likeness (QED) is 0.657. The molecule has 0 aromatic heterocycles. The highest BCUT2D eigenvalue weighted by Gasteiger charge is 2.21. The van der Waals surface area contributed by atoms with Crippen molar-refractivity contribution in [3.63, 3.8) is 0 Å². The van der Waals surface area contributed by atoms with E-state index >= 15 is 0 Å². The molecule has 158 valence electrons. The second kappa shape index (κ2) is 10.7. The molecule has 1 fully saturated rings. The van der Waals surface area contributed by atoms with E-state index in [0.717, 1.165) is 13.1 Å². The van der Waals surface area contributed by atoms with Crippen molar-refractivity contribution in [2.75, 3.05) is 43.0 Å². The molecule has 2 aromatic rings. The van der Waals surface area contributed by atoms with Gasteiger partial charge in [-0.2, -0.15) is 5.26 Å². The van der Waals surface area contributed by atoms with Crippen LogP contribution in [-0.2, 0) is 11.3 Å². The summed E-state index contributed by atoms with van der Waals surface area (Å²) in [4.78, 5) is 18.7. The molecule has 0 aliphatic carbocycles. The lowest BCUT2D eigenvalue weighted by molar-refractivity contribution is -0.119. The molecular weight excluding hydrogens is 379 g/mol. The van der Waals surface area contributed by atoms with Crippen LogP contribution in [0.15, 0.2) is 48.5 Å². The molecule has 2 aromatic carbocycles. The van der Waals surface area contributed by atoms with Crippen molar-refractivity contribution < 1.29 is 9.18 Å². The molecule has 1 amide bonds. The lowest BCUT2D eigenvalue weighted by atomic mass is 10.1. The Hall–Kier alpha value is -2.91. The fourth-order valence-electron chi connectivity index (χ4n) is 3.96. The van der Waals surface area contributed by atoms with E-state index in [2.05, 4.69) is 23.1 Å². The zero-order chi connectivity index (χ0) is 21.3. The monoisotopic (exact) mass is 408 g/mol. The van der Waals surface area contributed by atoms with E-state index < -0.39 is 5.82 Å². The lowest BCUT2D eigenvalue weighted by Gasteiger charge is -2.32. The van der Waals surface area contributed by atoms with Crippen molar-refractivity contribution in [3.8, 4) is 6.07 Å². The number of hydrogen-bond acceptors (Lipinski definition) is 4. The predicted octanol–water partition coefficient (Wildman–Crippen LogP) is 4.19. The van der Waals surface area contributed by atoms with Gasteiger partial charge in [-0.05, 0) is 50.1 Å². The Morgan fingerprint density at radius 1 is 1.10 bits per heavy atom. The molecule has 0 N–H and O–H groups in total. The van der Waals surface area contributed by atoms with Gasteiger partial charge in [-0.1, -0.05) is 30.3 Å². The van der Waals surface area contributed by atoms with E-state index in [9.17, 15) is 9.18 Å². The molecule has 1 heterocycles. The largest absolute Gasteiger partial charge is 0.371 e. The minimum Gasteiger partial charge on any atom is -0.371 e. The number of rotatable bonds is 8. The molecule has 0 bridgehead atoms. The minimum atomic E-state index is -0.457. The van der Waals surface area contributed by atoms with Crippen LogP contribution in [0.3, 0.4) is 0 Å². The highest BCUT2D eigenvalue weighted by Crippen LogP contribution is 2.25. The summed E-state index contributed by atoms with van der Waals surface area (Å²) >= 11 is 0. The molecule has 1 saturated heterocycles. The maximum absolute atomic E-state index is 14.3. The fourth-order valence-corrected chi connectivity index (χ4v) is 3.96. The standard InChI is InChI=1S/C24H29FN4O/c1-27(18-20-10-3-5-12-22(20)28-15-7-2-8-16-28)19-24(30)29(17-9-14-26)23-13-6-4-11-21(23)25/h3-6,10-13H,2,7-9,15-19H2,1H3. The number of nitriles is 1. The van der Waals surface area contributed by atoms with Crippen molar-refractivity contribution in [3.05, 3.63) is 59.9 Å². The third-order valence-electron chi connectivity index (χ3n) is 5.43. The number of amides is 1. The Balaban J connectivity index is 1.70. The van der Waals surface area contributed by atoms with Gasteiger partial charge < -0.3 is 9.80 Å². The van der Waals surface area contributed by atoms with Gasteiger partial charge in [0.1, 0.15) is 5.82 Å². The fraction of sp³-hybridized carbons (Fsp3) is 0.417. The Morgan fingerprint density at radius 3 is 2.53 bits per heavy atom. The van der Waals surface area contributed by atoms with Gasteiger partial charge in [-0.25, -0.2) is 4.39 Å². The van der Waals surface area contributed by atoms with E-state index in [-0.39, 0.29) is 31.1 Å². The second-order valence-corrected chi connectivity index (χ2v) is 7.75. The Labute approximate surface area is 178 Å². The maximum Gasteiger partial charge on any atom is 0.241 e. The first-order chi connectivity index (χ1) is 14.6. The number of hydrogen-bond donors (Lipinski definition) is 0. The Kier molecular flexibility index (Phi) is 7.81.